The molecular weight excluding hydrogens is 550 g/mol. The fourth-order valence-electron chi connectivity index (χ4n) is 3.88. The van der Waals surface area contributed by atoms with E-state index in [1.54, 1.807) is 25.1 Å². The third kappa shape index (κ3) is 7.36. The second kappa shape index (κ2) is 12.4. The van der Waals surface area contributed by atoms with Crippen LogP contribution in [0.3, 0.4) is 0 Å². The molecule has 2 aromatic carbocycles. The van der Waals surface area contributed by atoms with E-state index in [2.05, 4.69) is 21.2 Å². The normalized spacial score (nSPS) is 13.6. The summed E-state index contributed by atoms with van der Waals surface area (Å²) in [6.07, 6.45) is 1.48. The molecule has 1 N–H and O–H groups in total. The number of hydrogen-bond donors (Lipinski definition) is 1. The number of carbonyl (C=O) groups excluding carboxylic acids is 2. The Morgan fingerprint density at radius 2 is 1.75 bits per heavy atom. The summed E-state index contributed by atoms with van der Waals surface area (Å²) in [5, 5.41) is 2.77. The second-order valence-corrected chi connectivity index (χ2v) is 11.3. The van der Waals surface area contributed by atoms with Crippen molar-refractivity contribution in [3.63, 3.8) is 0 Å². The summed E-state index contributed by atoms with van der Waals surface area (Å²) in [7, 11) is -3.61. The van der Waals surface area contributed by atoms with Gasteiger partial charge >= 0.3 is 0 Å². The van der Waals surface area contributed by atoms with Crippen LogP contribution in [0.1, 0.15) is 32.3 Å². The molecule has 2 amide bonds. The maximum absolute atomic E-state index is 13.3. The number of carbonyl (C=O) groups is 2. The van der Waals surface area contributed by atoms with E-state index in [9.17, 15) is 18.0 Å². The van der Waals surface area contributed by atoms with Gasteiger partial charge in [0, 0.05) is 36.6 Å². The molecule has 1 unspecified atom stereocenters. The Bertz CT molecular complexity index is 1170. The molecule has 2 aromatic rings. The van der Waals surface area contributed by atoms with Gasteiger partial charge in [-0.15, -0.1) is 0 Å². The minimum absolute atomic E-state index is 0.0802. The highest BCUT2D eigenvalue weighted by Gasteiger charge is 2.27. The first-order valence-electron chi connectivity index (χ1n) is 11.8. The van der Waals surface area contributed by atoms with Crippen molar-refractivity contribution in [1.82, 2.24) is 10.2 Å². The Labute approximate surface area is 220 Å². The van der Waals surface area contributed by atoms with Crippen LogP contribution in [0, 0.1) is 0 Å². The molecule has 0 spiro atoms. The molecule has 3 rings (SSSR count). The summed E-state index contributed by atoms with van der Waals surface area (Å²) in [5.74, 6) is 0.584. The minimum Gasteiger partial charge on any atom is -0.486 e. The summed E-state index contributed by atoms with van der Waals surface area (Å²) >= 11 is 3.40. The predicted octanol–water partition coefficient (Wildman–Crippen LogP) is 3.32. The topological polar surface area (TPSA) is 105 Å². The number of hydrogen-bond acceptors (Lipinski definition) is 6. The van der Waals surface area contributed by atoms with E-state index in [0.29, 0.717) is 36.9 Å². The Hall–Kier alpha value is -2.79. The van der Waals surface area contributed by atoms with Crippen LogP contribution in [0.15, 0.2) is 46.9 Å². The van der Waals surface area contributed by atoms with Crippen molar-refractivity contribution in [3.8, 4) is 11.5 Å². The maximum atomic E-state index is 13.3. The van der Waals surface area contributed by atoms with Gasteiger partial charge in [-0.05, 0) is 50.1 Å². The summed E-state index contributed by atoms with van der Waals surface area (Å²) in [5.41, 5.74) is 1.33. The number of benzene rings is 2. The number of amides is 2. The van der Waals surface area contributed by atoms with Crippen LogP contribution in [-0.4, -0.2) is 63.7 Å². The Morgan fingerprint density at radius 1 is 1.08 bits per heavy atom. The smallest absolute Gasteiger partial charge is 0.242 e. The van der Waals surface area contributed by atoms with Gasteiger partial charge in [-0.3, -0.25) is 13.9 Å². The van der Waals surface area contributed by atoms with Crippen molar-refractivity contribution in [2.75, 3.05) is 36.9 Å². The fraction of sp³-hybridized carbons (Fsp3) is 0.440. The molecule has 11 heteroatoms. The van der Waals surface area contributed by atoms with Crippen LogP contribution in [0.5, 0.6) is 11.5 Å². The molecule has 0 aliphatic carbocycles. The lowest BCUT2D eigenvalue weighted by Crippen LogP contribution is -2.47. The number of nitrogens with one attached hydrogen (secondary N) is 1. The molecule has 1 aliphatic rings. The highest BCUT2D eigenvalue weighted by Crippen LogP contribution is 2.34. The number of sulfonamides is 1. The maximum Gasteiger partial charge on any atom is 0.242 e. The number of halogens is 1. The number of fused-ring (bicyclic) bond motifs is 1. The highest BCUT2D eigenvalue weighted by molar-refractivity contribution is 9.10. The first-order chi connectivity index (χ1) is 17.1. The van der Waals surface area contributed by atoms with Crippen molar-refractivity contribution in [2.24, 2.45) is 0 Å². The average molecular weight is 583 g/mol. The largest absolute Gasteiger partial charge is 0.486 e. The van der Waals surface area contributed by atoms with Crippen molar-refractivity contribution in [3.05, 3.63) is 52.5 Å². The van der Waals surface area contributed by atoms with Crippen LogP contribution in [0.2, 0.25) is 0 Å². The van der Waals surface area contributed by atoms with Gasteiger partial charge in [0.05, 0.1) is 11.9 Å². The van der Waals surface area contributed by atoms with Gasteiger partial charge < -0.3 is 19.7 Å². The molecule has 1 heterocycles. The first kappa shape index (κ1) is 27.8. The number of nitrogens with zero attached hydrogens (tertiary/aromatic N) is 2. The van der Waals surface area contributed by atoms with Gasteiger partial charge in [0.25, 0.3) is 0 Å². The SMILES string of the molecule is CCNC(=O)C(C)N(Cc1ccc(Br)cc1)C(=O)CCCN(c1ccc2c(c1)OCCO2)S(C)(=O)=O. The first-order valence-corrected chi connectivity index (χ1v) is 14.4. The Morgan fingerprint density at radius 3 is 2.39 bits per heavy atom. The Kier molecular flexibility index (Phi) is 9.61. The van der Waals surface area contributed by atoms with Crippen LogP contribution < -0.4 is 19.1 Å². The van der Waals surface area contributed by atoms with Gasteiger partial charge in [0.2, 0.25) is 21.8 Å². The lowest BCUT2D eigenvalue weighted by Gasteiger charge is -2.29. The quantitative estimate of drug-likeness (QED) is 0.436. The van der Waals surface area contributed by atoms with Gasteiger partial charge in [-0.2, -0.15) is 0 Å². The second-order valence-electron chi connectivity index (χ2n) is 8.49. The van der Waals surface area contributed by atoms with Crippen LogP contribution >= 0.6 is 15.9 Å². The van der Waals surface area contributed by atoms with E-state index in [-0.39, 0.29) is 37.7 Å². The van der Waals surface area contributed by atoms with Crippen molar-refractivity contribution >= 4 is 43.5 Å². The van der Waals surface area contributed by atoms with E-state index in [1.807, 2.05) is 31.2 Å². The highest BCUT2D eigenvalue weighted by atomic mass is 79.9. The van der Waals surface area contributed by atoms with E-state index >= 15 is 0 Å². The summed E-state index contributed by atoms with van der Waals surface area (Å²) in [6, 6.07) is 11.8. The van der Waals surface area contributed by atoms with E-state index in [1.165, 1.54) is 9.21 Å². The molecule has 196 valence electrons. The molecule has 0 saturated heterocycles. The third-order valence-electron chi connectivity index (χ3n) is 5.75. The molecule has 0 radical (unpaired) electrons. The number of ether oxygens (including phenoxy) is 2. The summed E-state index contributed by atoms with van der Waals surface area (Å²) in [6.45, 7) is 5.18. The van der Waals surface area contributed by atoms with E-state index in [0.717, 1.165) is 16.3 Å². The lowest BCUT2D eigenvalue weighted by molar-refractivity contribution is -0.140. The molecule has 9 nitrogen and oxygen atoms in total. The molecular formula is C25H32BrN3O6S. The zero-order chi connectivity index (χ0) is 26.3. The molecule has 0 aromatic heterocycles. The standard InChI is InChI=1S/C25H32BrN3O6S/c1-4-27-25(31)18(2)28(17-19-7-9-20(26)10-8-19)24(30)6-5-13-29(36(3,32)33)21-11-12-22-23(16-21)35-15-14-34-22/h7-12,16,18H,4-6,13-15,17H2,1-3H3,(H,27,31). The average Bonchev–Trinajstić information content (AvgIpc) is 2.85. The van der Waals surface area contributed by atoms with Crippen molar-refractivity contribution in [2.45, 2.75) is 39.3 Å². The monoisotopic (exact) mass is 581 g/mol. The molecule has 36 heavy (non-hydrogen) atoms. The number of likely N-dealkylation sites (N-methyl/N-ethyl adjacent to an activating group) is 1. The fourth-order valence-corrected chi connectivity index (χ4v) is 5.10. The lowest BCUT2D eigenvalue weighted by atomic mass is 10.1. The number of anilines is 1. The van der Waals surface area contributed by atoms with Crippen LogP contribution in [0.4, 0.5) is 5.69 Å². The zero-order valence-corrected chi connectivity index (χ0v) is 23.1. The predicted molar refractivity (Wildman–Crippen MR) is 142 cm³/mol. The zero-order valence-electron chi connectivity index (χ0n) is 20.7. The van der Waals surface area contributed by atoms with E-state index < -0.39 is 16.1 Å². The number of rotatable bonds is 11. The summed E-state index contributed by atoms with van der Waals surface area (Å²) in [4.78, 5) is 27.3. The van der Waals surface area contributed by atoms with Crippen molar-refractivity contribution in [1.29, 1.82) is 0 Å². The molecule has 0 bridgehead atoms. The molecule has 1 aliphatic heterocycles. The van der Waals surface area contributed by atoms with E-state index in [4.69, 9.17) is 9.47 Å². The molecule has 1 atom stereocenters. The van der Waals surface area contributed by atoms with Crippen LogP contribution in [-0.2, 0) is 26.2 Å². The van der Waals surface area contributed by atoms with Crippen LogP contribution in [0.25, 0.3) is 0 Å². The Balaban J connectivity index is 1.72. The molecule has 0 fully saturated rings. The van der Waals surface area contributed by atoms with Gasteiger partial charge in [0.1, 0.15) is 19.3 Å². The van der Waals surface area contributed by atoms with Gasteiger partial charge in [0.15, 0.2) is 11.5 Å². The van der Waals surface area contributed by atoms with Crippen molar-refractivity contribution < 1.29 is 27.5 Å². The molecule has 0 saturated carbocycles. The minimum atomic E-state index is -3.61. The van der Waals surface area contributed by atoms with Gasteiger partial charge in [-0.25, -0.2) is 8.42 Å². The summed E-state index contributed by atoms with van der Waals surface area (Å²) < 4.78 is 38.4. The van der Waals surface area contributed by atoms with Gasteiger partial charge in [-0.1, -0.05) is 28.1 Å². The third-order valence-corrected chi connectivity index (χ3v) is 7.47.